The molecule has 0 aromatic heterocycles. The highest BCUT2D eigenvalue weighted by Gasteiger charge is 2.33. The maximum absolute atomic E-state index is 11.7. The van der Waals surface area contributed by atoms with Crippen molar-refractivity contribution in [3.05, 3.63) is 0 Å². The molecule has 0 N–H and O–H groups in total. The van der Waals surface area contributed by atoms with Crippen LogP contribution in [0.4, 0.5) is 0 Å². The minimum Gasteiger partial charge on any atom is -0.340 e. The highest BCUT2D eigenvalue weighted by atomic mass is 16.2. The molecule has 2 heteroatoms. The summed E-state index contributed by atoms with van der Waals surface area (Å²) in [6, 6.07) is 0.426. The van der Waals surface area contributed by atoms with Crippen LogP contribution < -0.4 is 0 Å². The van der Waals surface area contributed by atoms with E-state index in [0.717, 1.165) is 18.9 Å². The van der Waals surface area contributed by atoms with E-state index in [2.05, 4.69) is 32.6 Å². The molecule has 0 aromatic rings. The van der Waals surface area contributed by atoms with Crippen LogP contribution in [0.2, 0.25) is 0 Å². The maximum atomic E-state index is 11.7. The van der Waals surface area contributed by atoms with Gasteiger partial charge in [0.05, 0.1) is 0 Å². The van der Waals surface area contributed by atoms with Gasteiger partial charge in [-0.3, -0.25) is 4.79 Å². The Kier molecular flexibility index (Phi) is 3.80. The number of nitrogens with zero attached hydrogens (tertiary/aromatic N) is 1. The number of carbonyl (C=O) groups excluding carboxylic acids is 1. The van der Waals surface area contributed by atoms with E-state index in [4.69, 9.17) is 0 Å². The van der Waals surface area contributed by atoms with Gasteiger partial charge in [-0.1, -0.05) is 27.7 Å². The van der Waals surface area contributed by atoms with Gasteiger partial charge in [0.25, 0.3) is 0 Å². The molecule has 2 unspecified atom stereocenters. The Morgan fingerprint density at radius 3 is 2.40 bits per heavy atom. The van der Waals surface area contributed by atoms with Gasteiger partial charge >= 0.3 is 0 Å². The van der Waals surface area contributed by atoms with Crippen LogP contribution in [0.25, 0.3) is 0 Å². The molecule has 0 saturated carbocycles. The van der Waals surface area contributed by atoms with Gasteiger partial charge in [-0.2, -0.15) is 0 Å². The second kappa shape index (κ2) is 4.54. The summed E-state index contributed by atoms with van der Waals surface area (Å²) in [5.74, 6) is 1.07. The Bertz CT molecular complexity index is 229. The van der Waals surface area contributed by atoms with E-state index in [0.29, 0.717) is 23.8 Å². The molecule has 88 valence electrons. The van der Waals surface area contributed by atoms with Gasteiger partial charge in [0.2, 0.25) is 5.91 Å². The van der Waals surface area contributed by atoms with Crippen LogP contribution in [0.15, 0.2) is 0 Å². The van der Waals surface area contributed by atoms with Crippen molar-refractivity contribution >= 4 is 5.91 Å². The topological polar surface area (TPSA) is 20.3 Å². The van der Waals surface area contributed by atoms with Gasteiger partial charge in [0.1, 0.15) is 0 Å². The normalized spacial score (nSPS) is 27.9. The average Bonchev–Trinajstić information content (AvgIpc) is 2.15. The SMILES string of the molecule is CCC(=O)N1CCC(C(C)(C)C)CC1C. The van der Waals surface area contributed by atoms with Crippen molar-refractivity contribution in [3.63, 3.8) is 0 Å². The lowest BCUT2D eigenvalue weighted by Crippen LogP contribution is -2.46. The molecule has 1 fully saturated rings. The molecule has 0 radical (unpaired) electrons. The Labute approximate surface area is 94.0 Å². The zero-order valence-corrected chi connectivity index (χ0v) is 10.8. The summed E-state index contributed by atoms with van der Waals surface area (Å²) in [4.78, 5) is 13.7. The minimum atomic E-state index is 0.315. The van der Waals surface area contributed by atoms with Crippen LogP contribution in [-0.4, -0.2) is 23.4 Å². The molecule has 1 saturated heterocycles. The van der Waals surface area contributed by atoms with E-state index in [1.807, 2.05) is 6.92 Å². The quantitative estimate of drug-likeness (QED) is 0.652. The second-order valence-electron chi connectivity index (χ2n) is 5.88. The lowest BCUT2D eigenvalue weighted by molar-refractivity contribution is -0.135. The highest BCUT2D eigenvalue weighted by molar-refractivity contribution is 5.76. The largest absolute Gasteiger partial charge is 0.340 e. The van der Waals surface area contributed by atoms with Crippen molar-refractivity contribution in [3.8, 4) is 0 Å². The van der Waals surface area contributed by atoms with Crippen LogP contribution in [0.3, 0.4) is 0 Å². The fourth-order valence-corrected chi connectivity index (χ4v) is 2.53. The third-order valence-electron chi connectivity index (χ3n) is 3.72. The summed E-state index contributed by atoms with van der Waals surface area (Å²) < 4.78 is 0. The van der Waals surface area contributed by atoms with E-state index in [1.54, 1.807) is 0 Å². The molecule has 1 aliphatic heterocycles. The smallest absolute Gasteiger partial charge is 0.222 e. The van der Waals surface area contributed by atoms with Gasteiger partial charge in [0.15, 0.2) is 0 Å². The first-order chi connectivity index (χ1) is 6.86. The molecular weight excluding hydrogens is 186 g/mol. The first-order valence-corrected chi connectivity index (χ1v) is 6.15. The molecule has 0 aromatic carbocycles. The Balaban J connectivity index is 2.59. The summed E-state index contributed by atoms with van der Waals surface area (Å²) in [7, 11) is 0. The summed E-state index contributed by atoms with van der Waals surface area (Å²) >= 11 is 0. The maximum Gasteiger partial charge on any atom is 0.222 e. The number of piperidine rings is 1. The molecule has 1 rings (SSSR count). The Hall–Kier alpha value is -0.530. The lowest BCUT2D eigenvalue weighted by atomic mass is 9.73. The summed E-state index contributed by atoms with van der Waals surface area (Å²) in [5, 5.41) is 0. The third kappa shape index (κ3) is 2.96. The monoisotopic (exact) mass is 211 g/mol. The molecule has 0 spiro atoms. The fraction of sp³-hybridized carbons (Fsp3) is 0.923. The van der Waals surface area contributed by atoms with Gasteiger partial charge in [-0.15, -0.1) is 0 Å². The van der Waals surface area contributed by atoms with Crippen LogP contribution in [0.5, 0.6) is 0 Å². The number of hydrogen-bond acceptors (Lipinski definition) is 1. The number of amides is 1. The minimum absolute atomic E-state index is 0.315. The molecule has 0 aliphatic carbocycles. The summed E-state index contributed by atoms with van der Waals surface area (Å²) in [5.41, 5.74) is 0.385. The lowest BCUT2D eigenvalue weighted by Gasteiger charge is -2.42. The molecule has 0 bridgehead atoms. The van der Waals surface area contributed by atoms with Crippen molar-refractivity contribution in [2.75, 3.05) is 6.54 Å². The molecule has 2 nitrogen and oxygen atoms in total. The van der Waals surface area contributed by atoms with E-state index < -0.39 is 0 Å². The van der Waals surface area contributed by atoms with E-state index >= 15 is 0 Å². The third-order valence-corrected chi connectivity index (χ3v) is 3.72. The fourth-order valence-electron chi connectivity index (χ4n) is 2.53. The van der Waals surface area contributed by atoms with Gasteiger partial charge < -0.3 is 4.90 Å². The number of rotatable bonds is 1. The molecule has 2 atom stereocenters. The average molecular weight is 211 g/mol. The molecule has 1 aliphatic rings. The van der Waals surface area contributed by atoms with Crippen molar-refractivity contribution in [2.24, 2.45) is 11.3 Å². The van der Waals surface area contributed by atoms with Crippen molar-refractivity contribution in [2.45, 2.75) is 59.9 Å². The number of likely N-dealkylation sites (tertiary alicyclic amines) is 1. The van der Waals surface area contributed by atoms with Crippen molar-refractivity contribution in [1.82, 2.24) is 4.90 Å². The van der Waals surface area contributed by atoms with Crippen LogP contribution in [0.1, 0.15) is 53.9 Å². The van der Waals surface area contributed by atoms with Crippen LogP contribution >= 0.6 is 0 Å². The standard InChI is InChI=1S/C13H25NO/c1-6-12(15)14-8-7-11(9-10(14)2)13(3,4)5/h10-11H,6-9H2,1-5H3. The van der Waals surface area contributed by atoms with E-state index in [1.165, 1.54) is 6.42 Å². The molecule has 15 heavy (non-hydrogen) atoms. The zero-order valence-electron chi connectivity index (χ0n) is 10.8. The summed E-state index contributed by atoms with van der Waals surface area (Å²) in [6.45, 7) is 12.0. The van der Waals surface area contributed by atoms with E-state index in [-0.39, 0.29) is 0 Å². The molecule has 1 amide bonds. The van der Waals surface area contributed by atoms with Crippen LogP contribution in [0, 0.1) is 11.3 Å². The first kappa shape index (κ1) is 12.5. The first-order valence-electron chi connectivity index (χ1n) is 6.15. The van der Waals surface area contributed by atoms with Crippen molar-refractivity contribution < 1.29 is 4.79 Å². The predicted octanol–water partition coefficient (Wildman–Crippen LogP) is 3.07. The van der Waals surface area contributed by atoms with Gasteiger partial charge in [-0.05, 0) is 31.1 Å². The number of hydrogen-bond donors (Lipinski definition) is 0. The van der Waals surface area contributed by atoms with Crippen molar-refractivity contribution in [1.29, 1.82) is 0 Å². The van der Waals surface area contributed by atoms with E-state index in [9.17, 15) is 4.79 Å². The van der Waals surface area contributed by atoms with Gasteiger partial charge in [-0.25, -0.2) is 0 Å². The summed E-state index contributed by atoms with van der Waals surface area (Å²) in [6.07, 6.45) is 2.97. The van der Waals surface area contributed by atoms with Crippen LogP contribution in [-0.2, 0) is 4.79 Å². The number of carbonyl (C=O) groups is 1. The highest BCUT2D eigenvalue weighted by Crippen LogP contribution is 2.36. The predicted molar refractivity (Wildman–Crippen MR) is 63.6 cm³/mol. The molecule has 1 heterocycles. The molecular formula is C13H25NO. The van der Waals surface area contributed by atoms with Gasteiger partial charge in [0, 0.05) is 19.0 Å². The Morgan fingerprint density at radius 1 is 1.40 bits per heavy atom. The second-order valence-corrected chi connectivity index (χ2v) is 5.88. The Morgan fingerprint density at radius 2 is 2.00 bits per heavy atom. The zero-order chi connectivity index (χ0) is 11.6.